The number of hydrogen-bond acceptors (Lipinski definition) is 4. The molecule has 2 heterocycles. The van der Waals surface area contributed by atoms with E-state index in [1.807, 2.05) is 72.4 Å². The SMILES string of the molecule is CC1(C)c2ccc(N3c4ccccc4Sc4ccccc43)cc2C(C)(C)c2ccc(-c3cc(P(=O)(c4ccccc4)c4ccccc4)c4sc5ccccc5c4c3)cc21. The van der Waals surface area contributed by atoms with Crippen molar-refractivity contribution in [2.45, 2.75) is 48.3 Å². The summed E-state index contributed by atoms with van der Waals surface area (Å²) in [5.41, 5.74) is 10.7. The van der Waals surface area contributed by atoms with Crippen molar-refractivity contribution in [2.75, 3.05) is 4.90 Å². The van der Waals surface area contributed by atoms with E-state index in [1.54, 1.807) is 11.3 Å². The van der Waals surface area contributed by atoms with E-state index >= 15 is 4.57 Å². The van der Waals surface area contributed by atoms with Crippen LogP contribution in [-0.4, -0.2) is 0 Å². The summed E-state index contributed by atoms with van der Waals surface area (Å²) in [7, 11) is -3.29. The lowest BCUT2D eigenvalue weighted by atomic mass is 9.59. The van der Waals surface area contributed by atoms with Gasteiger partial charge in [-0.1, -0.05) is 161 Å². The van der Waals surface area contributed by atoms with Crippen LogP contribution in [0.4, 0.5) is 17.1 Å². The Morgan fingerprint density at radius 1 is 0.475 bits per heavy atom. The Hall–Kier alpha value is -5.64. The van der Waals surface area contributed by atoms with E-state index in [4.69, 9.17) is 0 Å². The molecule has 8 aromatic carbocycles. The molecule has 0 spiro atoms. The number of rotatable bonds is 5. The molecular weight excluding hydrogens is 774 g/mol. The molecule has 0 N–H and O–H groups in total. The number of fused-ring (bicyclic) bond motifs is 7. The minimum atomic E-state index is -3.29. The van der Waals surface area contributed by atoms with Gasteiger partial charge in [-0.15, -0.1) is 11.3 Å². The highest BCUT2D eigenvalue weighted by Crippen LogP contribution is 2.55. The van der Waals surface area contributed by atoms with Gasteiger partial charge >= 0.3 is 0 Å². The maximum atomic E-state index is 16.1. The summed E-state index contributed by atoms with van der Waals surface area (Å²) in [6, 6.07) is 65.1. The van der Waals surface area contributed by atoms with Crippen molar-refractivity contribution in [1.82, 2.24) is 0 Å². The van der Waals surface area contributed by atoms with Crippen LogP contribution in [0.25, 0.3) is 31.3 Å². The van der Waals surface area contributed by atoms with Gasteiger partial charge in [-0.05, 0) is 94.0 Å². The molecule has 0 bridgehead atoms. The number of nitrogens with zero attached hydrogens (tertiary/aromatic N) is 1. The van der Waals surface area contributed by atoms with Gasteiger partial charge in [0.05, 0.1) is 11.4 Å². The third kappa shape index (κ3) is 5.50. The molecule has 1 aliphatic carbocycles. The average molecular weight is 816 g/mol. The van der Waals surface area contributed by atoms with Crippen LogP contribution < -0.4 is 20.8 Å². The summed E-state index contributed by atoms with van der Waals surface area (Å²) in [6.07, 6.45) is 0. The zero-order valence-corrected chi connectivity index (χ0v) is 36.0. The first-order valence-corrected chi connectivity index (χ1v) is 23.6. The minimum absolute atomic E-state index is 0.257. The maximum Gasteiger partial charge on any atom is 0.172 e. The smallest absolute Gasteiger partial charge is 0.172 e. The number of hydrogen-bond donors (Lipinski definition) is 0. The first kappa shape index (κ1) is 36.4. The van der Waals surface area contributed by atoms with Gasteiger partial charge in [0.15, 0.2) is 7.14 Å². The standard InChI is InChI=1S/C54H42NOPS2/c1-53(2)43-30-28-37(55-46-22-12-15-25-50(46)58-51-26-16-13-23-47(51)55)34-45(43)54(3,4)42-29-27-35(32-44(42)53)36-31-41-40-21-11-14-24-49(40)59-52(41)48(33-36)57(56,38-17-7-5-8-18-38)39-19-9-6-10-20-39/h5-34H,1-4H3. The van der Waals surface area contributed by atoms with Crippen LogP contribution in [0, 0.1) is 0 Å². The highest BCUT2D eigenvalue weighted by atomic mass is 32.2. The molecule has 59 heavy (non-hydrogen) atoms. The molecule has 0 unspecified atom stereocenters. The van der Waals surface area contributed by atoms with Crippen LogP contribution in [0.5, 0.6) is 0 Å². The van der Waals surface area contributed by atoms with E-state index in [2.05, 4.69) is 154 Å². The lowest BCUT2D eigenvalue weighted by molar-refractivity contribution is 0.521. The van der Waals surface area contributed by atoms with Gasteiger partial charge in [0.25, 0.3) is 0 Å². The first-order chi connectivity index (χ1) is 28.6. The van der Waals surface area contributed by atoms with Gasteiger partial charge in [-0.2, -0.15) is 0 Å². The van der Waals surface area contributed by atoms with E-state index in [0.717, 1.165) is 37.1 Å². The monoisotopic (exact) mass is 815 g/mol. The number of benzene rings is 8. The molecule has 9 aromatic rings. The van der Waals surface area contributed by atoms with Crippen molar-refractivity contribution in [3.05, 3.63) is 204 Å². The van der Waals surface area contributed by atoms with Crippen molar-refractivity contribution < 1.29 is 4.57 Å². The highest BCUT2D eigenvalue weighted by Gasteiger charge is 2.42. The van der Waals surface area contributed by atoms with Gasteiger partial charge in [0.2, 0.25) is 0 Å². The predicted molar refractivity (Wildman–Crippen MR) is 254 cm³/mol. The van der Waals surface area contributed by atoms with E-state index in [1.165, 1.54) is 59.2 Å². The van der Waals surface area contributed by atoms with E-state index in [9.17, 15) is 0 Å². The zero-order valence-electron chi connectivity index (χ0n) is 33.4. The van der Waals surface area contributed by atoms with Gasteiger partial charge in [0, 0.05) is 62.4 Å². The molecule has 2 nitrogen and oxygen atoms in total. The molecule has 11 rings (SSSR count). The Labute approximate surface area is 354 Å². The summed E-state index contributed by atoms with van der Waals surface area (Å²) in [6.45, 7) is 9.53. The Morgan fingerprint density at radius 3 is 1.66 bits per heavy atom. The van der Waals surface area contributed by atoms with Crippen molar-refractivity contribution in [3.63, 3.8) is 0 Å². The number of para-hydroxylation sites is 2. The normalized spacial score (nSPS) is 15.0. The molecule has 1 aromatic heterocycles. The van der Waals surface area contributed by atoms with Crippen molar-refractivity contribution in [1.29, 1.82) is 0 Å². The van der Waals surface area contributed by atoms with Crippen LogP contribution >= 0.6 is 30.2 Å². The molecule has 286 valence electrons. The van der Waals surface area contributed by atoms with Gasteiger partial charge in [-0.3, -0.25) is 0 Å². The summed E-state index contributed by atoms with van der Waals surface area (Å²) in [5, 5.41) is 4.95. The molecule has 0 amide bonds. The second-order valence-corrected chi connectivity index (χ2v) is 21.7. The van der Waals surface area contributed by atoms with Gasteiger partial charge in [0.1, 0.15) is 0 Å². The molecule has 0 radical (unpaired) electrons. The Kier molecular flexibility index (Phi) is 8.30. The molecule has 0 fully saturated rings. The topological polar surface area (TPSA) is 20.3 Å². The number of thiophene rings is 1. The maximum absolute atomic E-state index is 16.1. The second-order valence-electron chi connectivity index (χ2n) is 16.9. The third-order valence-corrected chi connectivity index (χ3v) is 18.4. The van der Waals surface area contributed by atoms with Crippen LogP contribution in [0.2, 0.25) is 0 Å². The number of anilines is 3. The minimum Gasteiger partial charge on any atom is -0.309 e. The molecule has 2 aliphatic rings. The van der Waals surface area contributed by atoms with E-state index < -0.39 is 7.14 Å². The van der Waals surface area contributed by atoms with Crippen molar-refractivity contribution in [3.8, 4) is 11.1 Å². The fourth-order valence-corrected chi connectivity index (χ4v) is 15.1. The van der Waals surface area contributed by atoms with E-state index in [0.29, 0.717) is 0 Å². The van der Waals surface area contributed by atoms with Gasteiger partial charge in [-0.25, -0.2) is 0 Å². The van der Waals surface area contributed by atoms with Crippen LogP contribution in [-0.2, 0) is 15.4 Å². The molecule has 0 saturated heterocycles. The summed E-state index contributed by atoms with van der Waals surface area (Å²) < 4.78 is 18.4. The Balaban J connectivity index is 1.09. The van der Waals surface area contributed by atoms with Crippen LogP contribution in [0.3, 0.4) is 0 Å². The van der Waals surface area contributed by atoms with E-state index in [-0.39, 0.29) is 10.8 Å². The van der Waals surface area contributed by atoms with Crippen molar-refractivity contribution >= 4 is 83.4 Å². The third-order valence-electron chi connectivity index (χ3n) is 12.8. The second kappa shape index (κ2) is 13.4. The largest absolute Gasteiger partial charge is 0.309 e. The van der Waals surface area contributed by atoms with Crippen LogP contribution in [0.1, 0.15) is 49.9 Å². The lowest BCUT2D eigenvalue weighted by Gasteiger charge is -2.45. The molecule has 0 saturated carbocycles. The average Bonchev–Trinajstić information content (AvgIpc) is 3.66. The van der Waals surface area contributed by atoms with Gasteiger partial charge < -0.3 is 9.46 Å². The molecular formula is C54H42NOPS2. The Bertz CT molecular complexity index is 3090. The highest BCUT2D eigenvalue weighted by molar-refractivity contribution is 7.99. The molecule has 5 heteroatoms. The summed E-state index contributed by atoms with van der Waals surface area (Å²) in [5.74, 6) is 0. The fourth-order valence-electron chi connectivity index (χ4n) is 9.70. The quantitative estimate of drug-likeness (QED) is 0.161. The Morgan fingerprint density at radius 2 is 1.02 bits per heavy atom. The zero-order chi connectivity index (χ0) is 40.1. The molecule has 0 atom stereocenters. The lowest BCUT2D eigenvalue weighted by Crippen LogP contribution is -2.36. The first-order valence-electron chi connectivity index (χ1n) is 20.3. The van der Waals surface area contributed by atoms with Crippen LogP contribution in [0.15, 0.2) is 192 Å². The molecule has 1 aliphatic heterocycles. The fraction of sp³-hybridized carbons (Fsp3) is 0.111. The summed E-state index contributed by atoms with van der Waals surface area (Å²) in [4.78, 5) is 4.97. The van der Waals surface area contributed by atoms with Crippen molar-refractivity contribution in [2.24, 2.45) is 0 Å². The predicted octanol–water partition coefficient (Wildman–Crippen LogP) is 14.3. The summed E-state index contributed by atoms with van der Waals surface area (Å²) >= 11 is 3.59.